The maximum Gasteiger partial charge on any atom is 0.308 e. The molecule has 2 atom stereocenters. The van der Waals surface area contributed by atoms with E-state index in [9.17, 15) is 9.59 Å². The second-order valence-corrected chi connectivity index (χ2v) is 5.22. The van der Waals surface area contributed by atoms with Crippen molar-refractivity contribution in [3.05, 3.63) is 23.0 Å². The van der Waals surface area contributed by atoms with Crippen LogP contribution in [0.1, 0.15) is 17.4 Å². The number of rotatable bonds is 2. The number of aliphatic carboxylic acids is 1. The molecule has 0 aliphatic carbocycles. The smallest absolute Gasteiger partial charge is 0.308 e. The highest BCUT2D eigenvalue weighted by Crippen LogP contribution is 2.25. The van der Waals surface area contributed by atoms with E-state index in [4.69, 9.17) is 16.7 Å². The Balaban J connectivity index is 2.17. The van der Waals surface area contributed by atoms with Gasteiger partial charge in [0, 0.05) is 26.3 Å². The molecule has 98 valence electrons. The van der Waals surface area contributed by atoms with Gasteiger partial charge >= 0.3 is 5.97 Å². The molecular weight excluding hydrogens is 256 g/mol. The summed E-state index contributed by atoms with van der Waals surface area (Å²) in [6.45, 7) is 2.58. The van der Waals surface area contributed by atoms with E-state index in [1.54, 1.807) is 28.8 Å². The fraction of sp³-hybridized carbons (Fsp3) is 0.500. The summed E-state index contributed by atoms with van der Waals surface area (Å²) in [4.78, 5) is 24.9. The van der Waals surface area contributed by atoms with Gasteiger partial charge in [0.05, 0.1) is 10.9 Å². The lowest BCUT2D eigenvalue weighted by Gasteiger charge is -2.16. The lowest BCUT2D eigenvalue weighted by atomic mass is 9.99. The van der Waals surface area contributed by atoms with Crippen LogP contribution in [0.4, 0.5) is 0 Å². The number of nitrogens with zero attached hydrogens (tertiary/aromatic N) is 2. The van der Waals surface area contributed by atoms with E-state index in [0.29, 0.717) is 17.3 Å². The zero-order valence-electron chi connectivity index (χ0n) is 10.3. The number of halogens is 1. The van der Waals surface area contributed by atoms with Crippen LogP contribution in [0, 0.1) is 11.8 Å². The minimum absolute atomic E-state index is 0.0257. The van der Waals surface area contributed by atoms with E-state index in [0.717, 1.165) is 0 Å². The van der Waals surface area contributed by atoms with Crippen LogP contribution in [0.15, 0.2) is 12.3 Å². The molecule has 1 fully saturated rings. The fourth-order valence-corrected chi connectivity index (χ4v) is 2.60. The van der Waals surface area contributed by atoms with Crippen LogP contribution in [-0.4, -0.2) is 39.5 Å². The van der Waals surface area contributed by atoms with Crippen molar-refractivity contribution >= 4 is 23.5 Å². The van der Waals surface area contributed by atoms with E-state index < -0.39 is 11.9 Å². The topological polar surface area (TPSA) is 62.5 Å². The summed E-state index contributed by atoms with van der Waals surface area (Å²) in [5.41, 5.74) is 0.484. The Morgan fingerprint density at radius 3 is 2.56 bits per heavy atom. The minimum Gasteiger partial charge on any atom is -0.481 e. The number of carbonyl (C=O) groups is 2. The number of carbonyl (C=O) groups excluding carboxylic acids is 1. The molecule has 2 heterocycles. The number of carboxylic acid groups (broad SMARTS) is 1. The van der Waals surface area contributed by atoms with Crippen molar-refractivity contribution < 1.29 is 14.7 Å². The largest absolute Gasteiger partial charge is 0.481 e. The van der Waals surface area contributed by atoms with E-state index in [2.05, 4.69) is 0 Å². The lowest BCUT2D eigenvalue weighted by molar-refractivity contribution is -0.142. The Morgan fingerprint density at radius 1 is 1.44 bits per heavy atom. The molecule has 6 heteroatoms. The zero-order chi connectivity index (χ0) is 13.4. The molecule has 1 aliphatic heterocycles. The Labute approximate surface area is 110 Å². The molecule has 2 rings (SSSR count). The van der Waals surface area contributed by atoms with Crippen LogP contribution in [-0.2, 0) is 11.8 Å². The number of likely N-dealkylation sites (tertiary alicyclic amines) is 1. The number of hydrogen-bond acceptors (Lipinski definition) is 2. The van der Waals surface area contributed by atoms with Crippen LogP contribution >= 0.6 is 11.6 Å². The SMILES string of the molecule is C[C@@H]1CN(C(=O)c2cc(Cl)cn2C)C[C@H]1C(=O)O. The summed E-state index contributed by atoms with van der Waals surface area (Å²) in [5, 5.41) is 9.55. The maximum atomic E-state index is 12.2. The highest BCUT2D eigenvalue weighted by Gasteiger charge is 2.37. The van der Waals surface area contributed by atoms with E-state index in [-0.39, 0.29) is 18.4 Å². The van der Waals surface area contributed by atoms with Gasteiger partial charge in [0.2, 0.25) is 0 Å². The first-order valence-electron chi connectivity index (χ1n) is 5.74. The predicted molar refractivity (Wildman–Crippen MR) is 66.6 cm³/mol. The van der Waals surface area contributed by atoms with Crippen LogP contribution in [0.3, 0.4) is 0 Å². The van der Waals surface area contributed by atoms with Crippen LogP contribution in [0.2, 0.25) is 5.02 Å². The molecule has 0 radical (unpaired) electrons. The quantitative estimate of drug-likeness (QED) is 0.885. The van der Waals surface area contributed by atoms with Crippen LogP contribution < -0.4 is 0 Å². The summed E-state index contributed by atoms with van der Waals surface area (Å²) >= 11 is 5.84. The summed E-state index contributed by atoms with van der Waals surface area (Å²) in [7, 11) is 1.74. The number of carboxylic acids is 1. The average molecular weight is 271 g/mol. The molecule has 1 aromatic heterocycles. The standard InChI is InChI=1S/C12H15ClN2O3/c1-7-4-15(6-9(7)12(17)18)11(16)10-3-8(13)5-14(10)2/h3,5,7,9H,4,6H2,1-2H3,(H,17,18)/t7-,9-/m1/s1. The molecule has 1 saturated heterocycles. The van der Waals surface area contributed by atoms with Gasteiger partial charge in [-0.1, -0.05) is 18.5 Å². The predicted octanol–water partition coefficient (Wildman–Crippen LogP) is 1.47. The van der Waals surface area contributed by atoms with Gasteiger partial charge in [-0.05, 0) is 12.0 Å². The van der Waals surface area contributed by atoms with Gasteiger partial charge in [0.25, 0.3) is 5.91 Å². The van der Waals surface area contributed by atoms with Crippen LogP contribution in [0.5, 0.6) is 0 Å². The first kappa shape index (κ1) is 13.0. The summed E-state index contributed by atoms with van der Waals surface area (Å²) < 4.78 is 1.66. The lowest BCUT2D eigenvalue weighted by Crippen LogP contribution is -2.31. The van der Waals surface area contributed by atoms with Crippen molar-refractivity contribution in [1.29, 1.82) is 0 Å². The molecule has 0 aromatic carbocycles. The van der Waals surface area contributed by atoms with Gasteiger partial charge in [-0.15, -0.1) is 0 Å². The summed E-state index contributed by atoms with van der Waals surface area (Å²) in [6, 6.07) is 1.60. The van der Waals surface area contributed by atoms with Gasteiger partial charge in [-0.3, -0.25) is 9.59 Å². The Morgan fingerprint density at radius 2 is 2.11 bits per heavy atom. The molecule has 5 nitrogen and oxygen atoms in total. The molecule has 1 N–H and O–H groups in total. The van der Waals surface area contributed by atoms with Crippen LogP contribution in [0.25, 0.3) is 0 Å². The van der Waals surface area contributed by atoms with E-state index in [1.165, 1.54) is 0 Å². The van der Waals surface area contributed by atoms with Gasteiger partial charge in [0.1, 0.15) is 5.69 Å². The van der Waals surface area contributed by atoms with Crippen molar-refractivity contribution in [3.8, 4) is 0 Å². The highest BCUT2D eigenvalue weighted by molar-refractivity contribution is 6.31. The molecule has 1 amide bonds. The Hall–Kier alpha value is -1.49. The average Bonchev–Trinajstić information content (AvgIpc) is 2.81. The van der Waals surface area contributed by atoms with Gasteiger partial charge in [-0.2, -0.15) is 0 Å². The first-order chi connectivity index (χ1) is 8.40. The first-order valence-corrected chi connectivity index (χ1v) is 6.12. The van der Waals surface area contributed by atoms with Crippen molar-refractivity contribution in [2.24, 2.45) is 18.9 Å². The molecule has 1 aliphatic rings. The molecule has 0 unspecified atom stereocenters. The third kappa shape index (κ3) is 2.22. The van der Waals surface area contributed by atoms with Crippen molar-refractivity contribution in [3.63, 3.8) is 0 Å². The highest BCUT2D eigenvalue weighted by atomic mass is 35.5. The molecule has 0 spiro atoms. The summed E-state index contributed by atoms with van der Waals surface area (Å²) in [5.74, 6) is -1.52. The van der Waals surface area contributed by atoms with Crippen molar-refractivity contribution in [2.75, 3.05) is 13.1 Å². The van der Waals surface area contributed by atoms with E-state index >= 15 is 0 Å². The van der Waals surface area contributed by atoms with Gasteiger partial charge < -0.3 is 14.6 Å². The Bertz CT molecular complexity index is 498. The molecule has 0 bridgehead atoms. The number of hydrogen-bond donors (Lipinski definition) is 1. The molecule has 18 heavy (non-hydrogen) atoms. The zero-order valence-corrected chi connectivity index (χ0v) is 11.0. The summed E-state index contributed by atoms with van der Waals surface area (Å²) in [6.07, 6.45) is 1.66. The second kappa shape index (κ2) is 4.65. The number of aromatic nitrogens is 1. The second-order valence-electron chi connectivity index (χ2n) is 4.79. The van der Waals surface area contributed by atoms with Gasteiger partial charge in [-0.25, -0.2) is 0 Å². The molecular formula is C12H15ClN2O3. The van der Waals surface area contributed by atoms with Crippen molar-refractivity contribution in [1.82, 2.24) is 9.47 Å². The Kier molecular flexibility index (Phi) is 3.34. The normalized spacial score (nSPS) is 23.4. The maximum absolute atomic E-state index is 12.2. The molecule has 0 saturated carbocycles. The number of amides is 1. The third-order valence-electron chi connectivity index (χ3n) is 3.41. The fourth-order valence-electron chi connectivity index (χ4n) is 2.35. The third-order valence-corrected chi connectivity index (χ3v) is 3.61. The monoisotopic (exact) mass is 270 g/mol. The number of aryl methyl sites for hydroxylation is 1. The molecule has 1 aromatic rings. The van der Waals surface area contributed by atoms with Gasteiger partial charge in [0.15, 0.2) is 0 Å². The van der Waals surface area contributed by atoms with Crippen molar-refractivity contribution in [2.45, 2.75) is 6.92 Å². The minimum atomic E-state index is -0.845. The van der Waals surface area contributed by atoms with E-state index in [1.807, 2.05) is 6.92 Å².